The van der Waals surface area contributed by atoms with Crippen LogP contribution >= 0.6 is 0 Å². The molecule has 9 rings (SSSR count). The molecule has 0 radical (unpaired) electrons. The van der Waals surface area contributed by atoms with Gasteiger partial charge in [-0.25, -0.2) is 9.59 Å². The van der Waals surface area contributed by atoms with Crippen LogP contribution in [0.3, 0.4) is 0 Å². The van der Waals surface area contributed by atoms with Crippen LogP contribution in [-0.2, 0) is 85.7 Å². The summed E-state index contributed by atoms with van der Waals surface area (Å²) >= 11 is 0. The Morgan fingerprint density at radius 3 is 1.18 bits per heavy atom. The number of aromatic nitrogens is 4. The molecule has 9 heterocycles. The van der Waals surface area contributed by atoms with Crippen molar-refractivity contribution in [3.63, 3.8) is 0 Å². The van der Waals surface area contributed by atoms with E-state index in [9.17, 15) is 134 Å². The standard InChI is InChI=1S/C34H50N4O19.C30H46N4O16.C4H4O3/c1-13(2)5-4-6-18(41)36-23-27(49)24(46)16(11-15(40)30-28(50)29(51)31(56-30)38-10-9-19(42)37-34(38)52)54-33(23)57-32-22(35-14(3)39)26(48)25(47)17(55-32)12-53-21(45)8-7-20(43)44;1-11(2)5-4-6-16(38)32-19-23(43)20(40)14(47-29(19)50-28-18(31-12(3)36)22(42)21(41)15(10-35)48-28)9-13(37)26-24(44)25(45)27(49-26)34-8-7-17(39)33-30(34)46;5-3-1-2-4(6)7-3/h4,6,9-10,13,15-17,22-33,40,46-51H,5,7-8,11-12H2,1-3H3,(H,35,39)(H,36,41)(H,43,44)(H,37,42,52);4,6-8,11,13-15,18-29,35,37,40-45H,5,9-10H2,1-3H3,(H,31,36)(H,32,38)(H,33,39,46);1-2H2/b2*6-4+;/t15-,16-,17-,22-,23-,24+,25-,26-,27-,28+,29-,30-,31-,32-,33+;13-,14-,15-,18-,19-,20+,21-,22-,23-,24+,25-,26-,27-,28-,29+;/m11./s1. The third-order valence-electron chi connectivity index (χ3n) is 18.9. The number of aliphatic hydroxyl groups is 15. The molecule has 46 nitrogen and oxygen atoms in total. The highest BCUT2D eigenvalue weighted by molar-refractivity contribution is 5.92. The smallest absolute Gasteiger partial charge is 0.330 e. The molecule has 46 heteroatoms. The Morgan fingerprint density at radius 2 is 0.842 bits per heavy atom. The molecule has 640 valence electrons. The number of allylic oxidation sites excluding steroid dienone is 2. The highest BCUT2D eigenvalue weighted by atomic mass is 16.8. The first-order chi connectivity index (χ1) is 53.6. The number of hydrogen-bond donors (Lipinski definition) is 22. The predicted octanol–water partition coefficient (Wildman–Crippen LogP) is -10.9. The van der Waals surface area contributed by atoms with Crippen LogP contribution in [0.2, 0.25) is 0 Å². The maximum absolute atomic E-state index is 13.0. The lowest BCUT2D eigenvalue weighted by atomic mass is 9.91. The maximum atomic E-state index is 13.0. The number of carbonyl (C=O) groups excluding carboxylic acids is 7. The van der Waals surface area contributed by atoms with Gasteiger partial charge >= 0.3 is 35.3 Å². The summed E-state index contributed by atoms with van der Waals surface area (Å²) in [6.07, 6.45) is -38.1. The molecule has 114 heavy (non-hydrogen) atoms. The Kier molecular flexibility index (Phi) is 34.4. The molecule has 0 saturated carbocycles. The second-order valence-electron chi connectivity index (χ2n) is 28.6. The normalized spacial score (nSPS) is 35.5. The number of carboxylic acids is 1. The minimum Gasteiger partial charge on any atom is -0.481 e. The number of H-pyrrole nitrogens is 2. The van der Waals surface area contributed by atoms with E-state index < -0.39 is 293 Å². The summed E-state index contributed by atoms with van der Waals surface area (Å²) in [5, 5.41) is 181. The van der Waals surface area contributed by atoms with Gasteiger partial charge in [0, 0.05) is 51.2 Å². The number of aromatic amines is 2. The lowest BCUT2D eigenvalue weighted by Crippen LogP contribution is -2.69. The fraction of sp³-hybridized carbons (Fsp3) is 0.706. The van der Waals surface area contributed by atoms with Crippen LogP contribution in [0.4, 0.5) is 0 Å². The van der Waals surface area contributed by atoms with Crippen molar-refractivity contribution in [2.24, 2.45) is 11.8 Å². The summed E-state index contributed by atoms with van der Waals surface area (Å²) in [6, 6.07) is -4.27. The second-order valence-corrected chi connectivity index (χ2v) is 28.6. The summed E-state index contributed by atoms with van der Waals surface area (Å²) in [7, 11) is 0. The van der Waals surface area contributed by atoms with Gasteiger partial charge in [-0.3, -0.25) is 67.0 Å². The first-order valence-corrected chi connectivity index (χ1v) is 36.2. The van der Waals surface area contributed by atoms with E-state index >= 15 is 0 Å². The number of nitrogens with one attached hydrogen (secondary N) is 6. The topological polar surface area (TPSA) is 710 Å². The molecular weight excluding hydrogens is 1540 g/mol. The third-order valence-corrected chi connectivity index (χ3v) is 18.9. The molecule has 0 aliphatic carbocycles. The summed E-state index contributed by atoms with van der Waals surface area (Å²) in [5.74, 6) is -5.54. The van der Waals surface area contributed by atoms with E-state index in [1.54, 1.807) is 12.2 Å². The van der Waals surface area contributed by atoms with Crippen molar-refractivity contribution in [2.45, 2.75) is 277 Å². The average Bonchev–Trinajstić information content (AvgIpc) is 1.30. The molecule has 2 aromatic heterocycles. The van der Waals surface area contributed by atoms with E-state index in [1.165, 1.54) is 6.08 Å². The van der Waals surface area contributed by atoms with Crippen LogP contribution in [0.15, 0.2) is 68.0 Å². The van der Waals surface area contributed by atoms with E-state index in [2.05, 4.69) is 26.0 Å². The molecule has 22 N–H and O–H groups in total. The van der Waals surface area contributed by atoms with E-state index in [0.717, 1.165) is 53.6 Å². The van der Waals surface area contributed by atoms with Gasteiger partial charge < -0.3 is 150 Å². The predicted molar refractivity (Wildman–Crippen MR) is 372 cm³/mol. The number of nitrogens with zero attached hydrogens (tertiary/aromatic N) is 2. The molecule has 7 aliphatic heterocycles. The number of aliphatic carboxylic acids is 1. The molecule has 4 amide bonds. The fourth-order valence-corrected chi connectivity index (χ4v) is 12.9. The summed E-state index contributed by atoms with van der Waals surface area (Å²) in [6.45, 7) is 8.34. The number of carboxylic acid groups (broad SMARTS) is 1. The number of hydrogen-bond acceptors (Lipinski definition) is 37. The highest BCUT2D eigenvalue weighted by Gasteiger charge is 2.57. The van der Waals surface area contributed by atoms with E-state index in [4.69, 9.17) is 47.7 Å². The molecule has 7 saturated heterocycles. The Labute approximate surface area is 645 Å². The lowest BCUT2D eigenvalue weighted by Gasteiger charge is -2.47. The molecule has 7 fully saturated rings. The number of ether oxygens (including phenoxy) is 10. The van der Waals surface area contributed by atoms with Gasteiger partial charge in [0.05, 0.1) is 56.7 Å². The van der Waals surface area contributed by atoms with Gasteiger partial charge in [-0.2, -0.15) is 0 Å². The van der Waals surface area contributed by atoms with Crippen LogP contribution in [0.25, 0.3) is 0 Å². The highest BCUT2D eigenvalue weighted by Crippen LogP contribution is 2.38. The van der Waals surface area contributed by atoms with Crippen molar-refractivity contribution in [1.29, 1.82) is 0 Å². The summed E-state index contributed by atoms with van der Waals surface area (Å²) in [4.78, 5) is 144. The van der Waals surface area contributed by atoms with Crippen LogP contribution in [0, 0.1) is 11.8 Å². The van der Waals surface area contributed by atoms with Crippen LogP contribution in [-0.4, -0.2) is 333 Å². The monoisotopic (exact) mass is 1640 g/mol. The van der Waals surface area contributed by atoms with Crippen LogP contribution < -0.4 is 43.8 Å². The Morgan fingerprint density at radius 1 is 0.491 bits per heavy atom. The van der Waals surface area contributed by atoms with E-state index in [1.807, 2.05) is 37.7 Å². The number of cyclic esters (lactones) is 2. The van der Waals surface area contributed by atoms with Gasteiger partial charge in [0.15, 0.2) is 37.6 Å². The molecule has 7 aliphatic rings. The van der Waals surface area contributed by atoms with Gasteiger partial charge in [0.2, 0.25) is 23.6 Å². The number of carbonyl (C=O) groups is 8. The molecule has 2 aromatic rings. The van der Waals surface area contributed by atoms with Crippen molar-refractivity contribution in [2.75, 3.05) is 13.2 Å². The average molecular weight is 1640 g/mol. The van der Waals surface area contributed by atoms with Gasteiger partial charge in [-0.1, -0.05) is 39.8 Å². The van der Waals surface area contributed by atoms with E-state index in [-0.39, 0.29) is 24.7 Å². The fourth-order valence-electron chi connectivity index (χ4n) is 12.9. The van der Waals surface area contributed by atoms with Crippen molar-refractivity contribution < 1.29 is 167 Å². The van der Waals surface area contributed by atoms with Gasteiger partial charge in [-0.15, -0.1) is 0 Å². The largest absolute Gasteiger partial charge is 0.481 e. The molecule has 30 atom stereocenters. The quantitative estimate of drug-likeness (QED) is 0.0214. The summed E-state index contributed by atoms with van der Waals surface area (Å²) in [5.41, 5.74) is -3.43. The zero-order chi connectivity index (χ0) is 84.6. The first-order valence-electron chi connectivity index (χ1n) is 36.2. The third kappa shape index (κ3) is 24.7. The molecule has 0 aromatic carbocycles. The van der Waals surface area contributed by atoms with Crippen LogP contribution in [0.5, 0.6) is 0 Å². The molecule has 0 unspecified atom stereocenters. The number of aliphatic hydroxyl groups excluding tert-OH is 15. The van der Waals surface area contributed by atoms with Crippen molar-refractivity contribution in [3.05, 3.63) is 90.5 Å². The van der Waals surface area contributed by atoms with Gasteiger partial charge in [-0.05, 0) is 36.8 Å². The number of amides is 4. The molecular formula is C68H100N8O38. The minimum absolute atomic E-state index is 0.180. The van der Waals surface area contributed by atoms with Gasteiger partial charge in [0.1, 0.15) is 128 Å². The maximum Gasteiger partial charge on any atom is 0.330 e. The summed E-state index contributed by atoms with van der Waals surface area (Å²) < 4.78 is 57.1. The Bertz CT molecular complexity index is 3880. The Hall–Kier alpha value is -8.12. The number of rotatable bonds is 28. The second kappa shape index (κ2) is 42.1. The Balaban J connectivity index is 0.000000292. The van der Waals surface area contributed by atoms with E-state index in [0.29, 0.717) is 12.8 Å². The zero-order valence-corrected chi connectivity index (χ0v) is 62.2. The zero-order valence-electron chi connectivity index (χ0n) is 62.2. The lowest BCUT2D eigenvalue weighted by molar-refractivity contribution is -0.347. The minimum atomic E-state index is -1.93. The molecule has 0 bridgehead atoms. The first kappa shape index (κ1) is 93.0. The molecule has 0 spiro atoms. The van der Waals surface area contributed by atoms with Crippen molar-refractivity contribution in [3.8, 4) is 0 Å². The number of esters is 3. The van der Waals surface area contributed by atoms with Crippen LogP contribution in [0.1, 0.15) is 105 Å². The van der Waals surface area contributed by atoms with Crippen molar-refractivity contribution in [1.82, 2.24) is 40.4 Å². The SMILES string of the molecule is CC(=O)N[C@H]1[C@@H](O[C@@H]2O[C@H](C[C@@H](O)[C@H]3O[C@@H](n4ccc(=O)[nH]c4=O)[C@H](O)[C@@H]3O)[C@H](O)[C@H](O)[C@H]2NC(=O)/C=C/CC(C)C)O[C@H](CO)[C@@H](O)[C@@H]1O.CC(=O)N[C@H]1[C@@H](O[C@@H]2O[C@H](C[C@@H](O)[C@H]3O[C@@H](n4ccc(=O)[nH]c4=O)[C@H](O)[C@@H]3O)[C@H](O)[C@H](O)[C@H]2NC(=O)/C=C/CC(C)C)O[C@H](COC(=O)CCC(=O)O)[C@@H](O)[C@@H]1O.O=C1CCC(=O)O1. The van der Waals surface area contributed by atoms with Gasteiger partial charge in [0.25, 0.3) is 11.1 Å². The van der Waals surface area contributed by atoms with Crippen molar-refractivity contribution >= 4 is 47.5 Å².